The summed E-state index contributed by atoms with van der Waals surface area (Å²) < 4.78 is 0. The van der Waals surface area contributed by atoms with Gasteiger partial charge in [-0.2, -0.15) is 0 Å². The van der Waals surface area contributed by atoms with E-state index in [0.29, 0.717) is 18.4 Å². The molecule has 30 heavy (non-hydrogen) atoms. The maximum atomic E-state index is 12.8. The Morgan fingerprint density at radius 2 is 1.83 bits per heavy atom. The molecule has 1 saturated heterocycles. The number of likely N-dealkylation sites (tertiary alicyclic amines) is 1. The van der Waals surface area contributed by atoms with Gasteiger partial charge in [0.1, 0.15) is 0 Å². The normalized spacial score (nSPS) is 25.7. The van der Waals surface area contributed by atoms with E-state index in [0.717, 1.165) is 42.4 Å². The van der Waals surface area contributed by atoms with E-state index in [1.165, 1.54) is 5.56 Å². The van der Waals surface area contributed by atoms with Crippen LogP contribution in [0.25, 0.3) is 10.8 Å². The van der Waals surface area contributed by atoms with Crippen LogP contribution in [0.3, 0.4) is 0 Å². The van der Waals surface area contributed by atoms with Crippen LogP contribution in [-0.2, 0) is 16.6 Å². The zero-order valence-corrected chi connectivity index (χ0v) is 17.9. The second kappa shape index (κ2) is 7.55. The van der Waals surface area contributed by atoms with Crippen LogP contribution in [0.15, 0.2) is 66.7 Å². The van der Waals surface area contributed by atoms with Crippen LogP contribution in [-0.4, -0.2) is 29.9 Å². The number of fused-ring (bicyclic) bond motifs is 5. The lowest BCUT2D eigenvalue weighted by Crippen LogP contribution is -2.58. The summed E-state index contributed by atoms with van der Waals surface area (Å²) in [4.78, 5) is 15.3. The van der Waals surface area contributed by atoms with E-state index in [1.54, 1.807) is 5.56 Å². The summed E-state index contributed by atoms with van der Waals surface area (Å²) in [6, 6.07) is 23.8. The predicted octanol–water partition coefficient (Wildman–Crippen LogP) is 5.39. The number of nitrogens with one attached hydrogen (secondary N) is 1. The molecule has 0 saturated carbocycles. The number of benzene rings is 3. The Bertz CT molecular complexity index is 1090. The summed E-state index contributed by atoms with van der Waals surface area (Å²) in [7, 11) is 0. The summed E-state index contributed by atoms with van der Waals surface area (Å²) in [6.45, 7) is 6.74. The van der Waals surface area contributed by atoms with Crippen LogP contribution in [0.4, 0.5) is 5.69 Å². The zero-order valence-electron chi connectivity index (χ0n) is 17.9. The molecular weight excluding hydrogens is 368 g/mol. The Morgan fingerprint density at radius 3 is 2.73 bits per heavy atom. The summed E-state index contributed by atoms with van der Waals surface area (Å²) in [5, 5.41) is 5.40. The Morgan fingerprint density at radius 1 is 1.07 bits per heavy atom. The van der Waals surface area contributed by atoms with Crippen molar-refractivity contribution in [2.24, 2.45) is 5.92 Å². The first-order valence-electron chi connectivity index (χ1n) is 11.2. The van der Waals surface area contributed by atoms with Crippen LogP contribution in [0, 0.1) is 5.92 Å². The van der Waals surface area contributed by atoms with Gasteiger partial charge in [-0.05, 0) is 53.3 Å². The topological polar surface area (TPSA) is 32.3 Å². The molecule has 0 radical (unpaired) electrons. The van der Waals surface area contributed by atoms with Gasteiger partial charge in [0, 0.05) is 30.1 Å². The Balaban J connectivity index is 1.28. The molecule has 1 amide bonds. The Hall–Kier alpha value is -2.65. The van der Waals surface area contributed by atoms with E-state index < -0.39 is 0 Å². The van der Waals surface area contributed by atoms with Crippen molar-refractivity contribution < 1.29 is 4.79 Å². The second-order valence-corrected chi connectivity index (χ2v) is 9.25. The summed E-state index contributed by atoms with van der Waals surface area (Å²) in [5.41, 5.74) is 4.20. The molecule has 154 valence electrons. The van der Waals surface area contributed by atoms with E-state index in [4.69, 9.17) is 0 Å². The molecule has 0 spiro atoms. The molecular formula is C27H30N2O. The van der Waals surface area contributed by atoms with Crippen molar-refractivity contribution >= 4 is 22.4 Å². The first-order valence-corrected chi connectivity index (χ1v) is 11.2. The Kier molecular flexibility index (Phi) is 4.86. The number of anilines is 1. The van der Waals surface area contributed by atoms with Crippen LogP contribution in [0.5, 0.6) is 0 Å². The van der Waals surface area contributed by atoms with Crippen molar-refractivity contribution in [3.8, 4) is 0 Å². The molecule has 3 aromatic carbocycles. The van der Waals surface area contributed by atoms with Gasteiger partial charge in [-0.25, -0.2) is 0 Å². The molecule has 5 rings (SSSR count). The maximum Gasteiger partial charge on any atom is 0.225 e. The molecule has 3 atom stereocenters. The predicted molar refractivity (Wildman–Crippen MR) is 124 cm³/mol. The third-order valence-corrected chi connectivity index (χ3v) is 7.72. The number of hydrogen-bond donors (Lipinski definition) is 1. The van der Waals surface area contributed by atoms with Crippen molar-refractivity contribution in [2.75, 3.05) is 18.4 Å². The number of rotatable bonds is 4. The number of nitrogens with zero attached hydrogens (tertiary/aromatic N) is 1. The van der Waals surface area contributed by atoms with E-state index in [9.17, 15) is 4.79 Å². The largest absolute Gasteiger partial charge is 0.325 e. The fraction of sp³-hybridized carbons (Fsp3) is 0.370. The highest BCUT2D eigenvalue weighted by Crippen LogP contribution is 2.48. The molecule has 1 heterocycles. The zero-order chi connectivity index (χ0) is 20.7. The molecule has 3 heteroatoms. The molecule has 3 nitrogen and oxygen atoms in total. The molecule has 0 aromatic heterocycles. The molecule has 1 fully saturated rings. The second-order valence-electron chi connectivity index (χ2n) is 9.25. The van der Waals surface area contributed by atoms with Gasteiger partial charge in [0.2, 0.25) is 5.91 Å². The first-order chi connectivity index (χ1) is 14.6. The fourth-order valence-electron chi connectivity index (χ4n) is 5.75. The van der Waals surface area contributed by atoms with Crippen LogP contribution >= 0.6 is 0 Å². The van der Waals surface area contributed by atoms with Crippen molar-refractivity contribution in [1.29, 1.82) is 0 Å². The minimum atomic E-state index is 0.101. The number of piperidine rings is 1. The van der Waals surface area contributed by atoms with E-state index in [1.807, 2.05) is 24.3 Å². The number of hydrogen-bond acceptors (Lipinski definition) is 2. The number of amides is 1. The Labute approximate surface area is 179 Å². The summed E-state index contributed by atoms with van der Waals surface area (Å²) in [5.74, 6) is 0.700. The minimum Gasteiger partial charge on any atom is -0.325 e. The molecule has 2 bridgehead atoms. The van der Waals surface area contributed by atoms with E-state index in [-0.39, 0.29) is 11.3 Å². The van der Waals surface area contributed by atoms with E-state index >= 15 is 0 Å². The fourth-order valence-corrected chi connectivity index (χ4v) is 5.75. The third-order valence-electron chi connectivity index (χ3n) is 7.72. The SMILES string of the molecule is C[C@H]1C2Cc3ccccc3[C@]1(C)CCN2CCC(=O)Nc1cccc2ccccc12. The first kappa shape index (κ1) is 19.3. The van der Waals surface area contributed by atoms with Crippen molar-refractivity contribution in [3.05, 3.63) is 77.9 Å². The molecule has 3 aromatic rings. The van der Waals surface area contributed by atoms with Gasteiger partial charge >= 0.3 is 0 Å². The lowest BCUT2D eigenvalue weighted by Gasteiger charge is -2.54. The monoisotopic (exact) mass is 398 g/mol. The van der Waals surface area contributed by atoms with Gasteiger partial charge in [-0.1, -0.05) is 74.5 Å². The van der Waals surface area contributed by atoms with Crippen molar-refractivity contribution in [1.82, 2.24) is 4.90 Å². The molecule has 1 N–H and O–H groups in total. The van der Waals surface area contributed by atoms with Gasteiger partial charge < -0.3 is 5.32 Å². The molecule has 1 unspecified atom stereocenters. The van der Waals surface area contributed by atoms with Crippen molar-refractivity contribution in [3.63, 3.8) is 0 Å². The highest BCUT2D eigenvalue weighted by molar-refractivity contribution is 6.02. The van der Waals surface area contributed by atoms with Gasteiger partial charge in [-0.3, -0.25) is 9.69 Å². The molecule has 2 aliphatic rings. The van der Waals surface area contributed by atoms with Gasteiger partial charge in [0.25, 0.3) is 0 Å². The minimum absolute atomic E-state index is 0.101. The maximum absolute atomic E-state index is 12.8. The van der Waals surface area contributed by atoms with Crippen molar-refractivity contribution in [2.45, 2.75) is 44.6 Å². The number of carbonyl (C=O) groups is 1. The third kappa shape index (κ3) is 3.22. The lowest BCUT2D eigenvalue weighted by molar-refractivity contribution is -0.116. The summed E-state index contributed by atoms with van der Waals surface area (Å²) in [6.07, 6.45) is 2.79. The van der Waals surface area contributed by atoms with Gasteiger partial charge in [0.15, 0.2) is 0 Å². The van der Waals surface area contributed by atoms with Gasteiger partial charge in [0.05, 0.1) is 0 Å². The average Bonchev–Trinajstić information content (AvgIpc) is 2.76. The van der Waals surface area contributed by atoms with Gasteiger partial charge in [-0.15, -0.1) is 0 Å². The standard InChI is InChI=1S/C27H30N2O/c1-19-25-18-21-9-4-6-12-23(21)27(19,2)15-17-29(25)16-14-26(30)28-24-13-7-10-20-8-3-5-11-22(20)24/h3-13,19,25H,14-18H2,1-2H3,(H,28,30)/t19-,25?,27+/m0/s1. The molecule has 1 aliphatic carbocycles. The highest BCUT2D eigenvalue weighted by Gasteiger charge is 2.47. The van der Waals surface area contributed by atoms with Crippen LogP contribution < -0.4 is 5.32 Å². The molecule has 1 aliphatic heterocycles. The highest BCUT2D eigenvalue weighted by atomic mass is 16.1. The van der Waals surface area contributed by atoms with Crippen LogP contribution in [0.1, 0.15) is 37.8 Å². The lowest BCUT2D eigenvalue weighted by atomic mass is 9.59. The smallest absolute Gasteiger partial charge is 0.225 e. The number of carbonyl (C=O) groups excluding carboxylic acids is 1. The quantitative estimate of drug-likeness (QED) is 0.639. The average molecular weight is 399 g/mol. The van der Waals surface area contributed by atoms with E-state index in [2.05, 4.69) is 66.5 Å². The summed E-state index contributed by atoms with van der Waals surface area (Å²) >= 11 is 0. The van der Waals surface area contributed by atoms with Crippen LogP contribution in [0.2, 0.25) is 0 Å².